The van der Waals surface area contributed by atoms with Crippen LogP contribution >= 0.6 is 0 Å². The van der Waals surface area contributed by atoms with E-state index >= 15 is 0 Å². The molecule has 0 unspecified atom stereocenters. The van der Waals surface area contributed by atoms with E-state index in [1.54, 1.807) is 0 Å². The van der Waals surface area contributed by atoms with E-state index in [9.17, 15) is 0 Å². The molecule has 25 heavy (non-hydrogen) atoms. The fourth-order valence-corrected chi connectivity index (χ4v) is 3.29. The van der Waals surface area contributed by atoms with E-state index in [1.165, 1.54) is 11.3 Å². The van der Waals surface area contributed by atoms with Gasteiger partial charge in [0.05, 0.1) is 18.9 Å². The molecular weight excluding hydrogens is 316 g/mol. The van der Waals surface area contributed by atoms with Crippen LogP contribution in [0.25, 0.3) is 0 Å². The maximum absolute atomic E-state index is 5.45. The molecule has 1 fully saturated rings. The van der Waals surface area contributed by atoms with Crippen LogP contribution in [0.15, 0.2) is 4.99 Å². The van der Waals surface area contributed by atoms with Gasteiger partial charge in [-0.25, -0.2) is 0 Å². The highest BCUT2D eigenvalue weighted by Crippen LogP contribution is 2.15. The molecule has 1 aliphatic rings. The maximum atomic E-state index is 5.45. The van der Waals surface area contributed by atoms with Crippen LogP contribution in [0, 0.1) is 13.8 Å². The van der Waals surface area contributed by atoms with Crippen LogP contribution in [-0.4, -0.2) is 72.6 Å². The second-order valence-electron chi connectivity index (χ2n) is 7.29. The largest absolute Gasteiger partial charge is 0.379 e. The highest BCUT2D eigenvalue weighted by Gasteiger charge is 2.28. The van der Waals surface area contributed by atoms with Gasteiger partial charge >= 0.3 is 0 Å². The molecule has 0 bridgehead atoms. The Bertz CT molecular complexity index is 587. The minimum Gasteiger partial charge on any atom is -0.379 e. The molecule has 1 aromatic heterocycles. The molecule has 2 rings (SSSR count). The van der Waals surface area contributed by atoms with E-state index < -0.39 is 0 Å². The fraction of sp³-hybridized carbons (Fsp3) is 0.778. The van der Waals surface area contributed by atoms with Gasteiger partial charge in [-0.15, -0.1) is 0 Å². The first-order valence-electron chi connectivity index (χ1n) is 9.11. The Morgan fingerprint density at radius 3 is 2.48 bits per heavy atom. The van der Waals surface area contributed by atoms with E-state index in [4.69, 9.17) is 4.74 Å². The standard InChI is InChI=1S/C18H34N6O/c1-14-16(15(2)23(6)22-14)7-8-20-17(19-5)21-13-18(3,4)24-9-11-25-12-10-24/h7-13H2,1-6H3,(H2,19,20,21). The number of morpholine rings is 1. The summed E-state index contributed by atoms with van der Waals surface area (Å²) in [4.78, 5) is 6.82. The SMILES string of the molecule is CN=C(NCCc1c(C)nn(C)c1C)NCC(C)(C)N1CCOCC1. The van der Waals surface area contributed by atoms with Crippen molar-refractivity contribution in [2.45, 2.75) is 39.7 Å². The van der Waals surface area contributed by atoms with E-state index in [0.29, 0.717) is 0 Å². The van der Waals surface area contributed by atoms with Gasteiger partial charge in [0.2, 0.25) is 0 Å². The number of guanidine groups is 1. The predicted molar refractivity (Wildman–Crippen MR) is 102 cm³/mol. The fourth-order valence-electron chi connectivity index (χ4n) is 3.29. The summed E-state index contributed by atoms with van der Waals surface area (Å²) in [6.07, 6.45) is 0.944. The van der Waals surface area contributed by atoms with Crippen molar-refractivity contribution in [1.82, 2.24) is 25.3 Å². The zero-order chi connectivity index (χ0) is 18.4. The quantitative estimate of drug-likeness (QED) is 0.588. The number of nitrogens with one attached hydrogen (secondary N) is 2. The summed E-state index contributed by atoms with van der Waals surface area (Å²) in [7, 11) is 3.81. The van der Waals surface area contributed by atoms with Crippen molar-refractivity contribution in [3.05, 3.63) is 17.0 Å². The van der Waals surface area contributed by atoms with Gasteiger partial charge in [0.1, 0.15) is 0 Å². The van der Waals surface area contributed by atoms with Gasteiger partial charge in [0.15, 0.2) is 5.96 Å². The van der Waals surface area contributed by atoms with Crippen LogP contribution in [-0.2, 0) is 18.2 Å². The van der Waals surface area contributed by atoms with Crippen molar-refractivity contribution in [3.8, 4) is 0 Å². The Labute approximate surface area is 151 Å². The third-order valence-corrected chi connectivity index (χ3v) is 5.11. The first-order chi connectivity index (χ1) is 11.8. The van der Waals surface area contributed by atoms with Crippen LogP contribution in [0.4, 0.5) is 0 Å². The molecular formula is C18H34N6O. The molecule has 0 atom stereocenters. The van der Waals surface area contributed by atoms with Crippen LogP contribution in [0.1, 0.15) is 30.8 Å². The van der Waals surface area contributed by atoms with Gasteiger partial charge < -0.3 is 15.4 Å². The molecule has 0 amide bonds. The molecule has 2 heterocycles. The normalized spacial score (nSPS) is 17.0. The maximum Gasteiger partial charge on any atom is 0.191 e. The van der Waals surface area contributed by atoms with Crippen molar-refractivity contribution in [2.24, 2.45) is 12.0 Å². The number of hydrogen-bond acceptors (Lipinski definition) is 4. The zero-order valence-electron chi connectivity index (χ0n) is 16.6. The molecule has 1 saturated heterocycles. The van der Waals surface area contributed by atoms with Gasteiger partial charge in [0.25, 0.3) is 0 Å². The summed E-state index contributed by atoms with van der Waals surface area (Å²) in [5.74, 6) is 0.848. The van der Waals surface area contributed by atoms with Gasteiger partial charge in [-0.3, -0.25) is 14.6 Å². The molecule has 0 aliphatic carbocycles. The second kappa shape index (κ2) is 8.67. The Morgan fingerprint density at radius 2 is 1.92 bits per heavy atom. The first kappa shape index (κ1) is 19.7. The van der Waals surface area contributed by atoms with Crippen molar-refractivity contribution < 1.29 is 4.74 Å². The van der Waals surface area contributed by atoms with Gasteiger partial charge in [-0.05, 0) is 39.7 Å². The number of aryl methyl sites for hydroxylation is 2. The summed E-state index contributed by atoms with van der Waals surface area (Å²) in [6, 6.07) is 0. The van der Waals surface area contributed by atoms with Gasteiger partial charge in [0, 0.05) is 51.5 Å². The van der Waals surface area contributed by atoms with Crippen LogP contribution in [0.2, 0.25) is 0 Å². The molecule has 2 N–H and O–H groups in total. The summed E-state index contributed by atoms with van der Waals surface area (Å²) in [6.45, 7) is 14.0. The summed E-state index contributed by atoms with van der Waals surface area (Å²) in [5.41, 5.74) is 3.73. The Morgan fingerprint density at radius 1 is 1.24 bits per heavy atom. The Hall–Kier alpha value is -1.60. The first-order valence-corrected chi connectivity index (χ1v) is 9.11. The van der Waals surface area contributed by atoms with E-state index in [2.05, 4.69) is 53.3 Å². The van der Waals surface area contributed by atoms with Crippen molar-refractivity contribution in [3.63, 3.8) is 0 Å². The lowest BCUT2D eigenvalue weighted by Gasteiger charge is -2.41. The third kappa shape index (κ3) is 5.19. The number of ether oxygens (including phenoxy) is 1. The number of aliphatic imine (C=N–C) groups is 1. The number of rotatable bonds is 6. The minimum absolute atomic E-state index is 0.0674. The van der Waals surface area contributed by atoms with Crippen LogP contribution in [0.5, 0.6) is 0 Å². The topological polar surface area (TPSA) is 66.7 Å². The number of aromatic nitrogens is 2. The molecule has 1 aliphatic heterocycles. The molecule has 7 heteroatoms. The number of nitrogens with zero attached hydrogens (tertiary/aromatic N) is 4. The third-order valence-electron chi connectivity index (χ3n) is 5.11. The molecule has 0 radical (unpaired) electrons. The van der Waals surface area contributed by atoms with Gasteiger partial charge in [-0.1, -0.05) is 0 Å². The average Bonchev–Trinajstić information content (AvgIpc) is 2.84. The lowest BCUT2D eigenvalue weighted by Crippen LogP contribution is -2.56. The summed E-state index contributed by atoms with van der Waals surface area (Å²) >= 11 is 0. The van der Waals surface area contributed by atoms with E-state index in [1.807, 2.05) is 18.8 Å². The molecule has 1 aromatic rings. The monoisotopic (exact) mass is 350 g/mol. The van der Waals surface area contributed by atoms with E-state index in [0.717, 1.165) is 57.5 Å². The lowest BCUT2D eigenvalue weighted by molar-refractivity contribution is -0.00833. The minimum atomic E-state index is 0.0674. The zero-order valence-corrected chi connectivity index (χ0v) is 16.6. The highest BCUT2D eigenvalue weighted by atomic mass is 16.5. The predicted octanol–water partition coefficient (Wildman–Crippen LogP) is 0.855. The summed E-state index contributed by atoms with van der Waals surface area (Å²) in [5, 5.41) is 11.4. The van der Waals surface area contributed by atoms with E-state index in [-0.39, 0.29) is 5.54 Å². The molecule has 0 saturated carbocycles. The van der Waals surface area contributed by atoms with Crippen molar-refractivity contribution in [2.75, 3.05) is 46.4 Å². The second-order valence-corrected chi connectivity index (χ2v) is 7.29. The average molecular weight is 351 g/mol. The molecule has 142 valence electrons. The van der Waals surface area contributed by atoms with Crippen molar-refractivity contribution >= 4 is 5.96 Å². The summed E-state index contributed by atoms with van der Waals surface area (Å²) < 4.78 is 7.40. The van der Waals surface area contributed by atoms with Crippen molar-refractivity contribution in [1.29, 1.82) is 0 Å². The molecule has 7 nitrogen and oxygen atoms in total. The molecule has 0 aromatic carbocycles. The smallest absolute Gasteiger partial charge is 0.191 e. The Kier molecular flexibility index (Phi) is 6.84. The molecule has 0 spiro atoms. The van der Waals surface area contributed by atoms with Crippen LogP contribution < -0.4 is 10.6 Å². The van der Waals surface area contributed by atoms with Crippen LogP contribution in [0.3, 0.4) is 0 Å². The lowest BCUT2D eigenvalue weighted by atomic mass is 10.0. The Balaban J connectivity index is 1.80. The van der Waals surface area contributed by atoms with Gasteiger partial charge in [-0.2, -0.15) is 5.10 Å². The highest BCUT2D eigenvalue weighted by molar-refractivity contribution is 5.79. The number of hydrogen-bond donors (Lipinski definition) is 2.